The van der Waals surface area contributed by atoms with Gasteiger partial charge in [0.2, 0.25) is 5.91 Å². The third kappa shape index (κ3) is 2.03. The monoisotopic (exact) mass is 210 g/mol. The summed E-state index contributed by atoms with van der Waals surface area (Å²) in [5, 5.41) is 0. The number of hydrogen-bond donors (Lipinski definition) is 1. The van der Waals surface area contributed by atoms with E-state index in [2.05, 4.69) is 4.90 Å². The normalized spacial score (nSPS) is 28.9. The molecule has 2 aliphatic rings. The van der Waals surface area contributed by atoms with E-state index in [0.717, 1.165) is 31.8 Å². The second kappa shape index (κ2) is 4.52. The average Bonchev–Trinajstić information content (AvgIpc) is 2.58. The van der Waals surface area contributed by atoms with E-state index in [0.29, 0.717) is 12.0 Å². The van der Waals surface area contributed by atoms with Gasteiger partial charge in [0.15, 0.2) is 0 Å². The van der Waals surface area contributed by atoms with Gasteiger partial charge < -0.3 is 10.6 Å². The van der Waals surface area contributed by atoms with E-state index in [1.807, 2.05) is 0 Å². The van der Waals surface area contributed by atoms with Gasteiger partial charge in [-0.15, -0.1) is 0 Å². The molecule has 2 fully saturated rings. The summed E-state index contributed by atoms with van der Waals surface area (Å²) in [6.45, 7) is 3.38. The molecule has 0 aromatic carbocycles. The Hall–Kier alpha value is -0.570. The molecule has 86 valence electrons. The topological polar surface area (TPSA) is 46.3 Å². The SMILES string of the molecule is CC(=O)N1CCCC1C(CN)C1CCC1. The van der Waals surface area contributed by atoms with Gasteiger partial charge in [0.05, 0.1) is 0 Å². The zero-order valence-corrected chi connectivity index (χ0v) is 9.61. The minimum atomic E-state index is 0.232. The summed E-state index contributed by atoms with van der Waals surface area (Å²) < 4.78 is 0. The van der Waals surface area contributed by atoms with Crippen LogP contribution in [0.5, 0.6) is 0 Å². The van der Waals surface area contributed by atoms with Crippen molar-refractivity contribution in [2.75, 3.05) is 13.1 Å². The van der Waals surface area contributed by atoms with Crippen LogP contribution in [0.4, 0.5) is 0 Å². The van der Waals surface area contributed by atoms with Crippen molar-refractivity contribution in [1.29, 1.82) is 0 Å². The fourth-order valence-corrected chi connectivity index (χ4v) is 3.16. The second-order valence-corrected chi connectivity index (χ2v) is 5.01. The highest BCUT2D eigenvalue weighted by Gasteiger charge is 2.38. The molecule has 1 saturated heterocycles. The lowest BCUT2D eigenvalue weighted by Gasteiger charge is -2.40. The second-order valence-electron chi connectivity index (χ2n) is 5.01. The number of nitrogens with two attached hydrogens (primary N) is 1. The van der Waals surface area contributed by atoms with Crippen molar-refractivity contribution < 1.29 is 4.79 Å². The molecular weight excluding hydrogens is 188 g/mol. The van der Waals surface area contributed by atoms with Crippen LogP contribution in [-0.4, -0.2) is 29.9 Å². The number of carbonyl (C=O) groups excluding carboxylic acids is 1. The van der Waals surface area contributed by atoms with E-state index < -0.39 is 0 Å². The fourth-order valence-electron chi connectivity index (χ4n) is 3.16. The maximum atomic E-state index is 11.5. The van der Waals surface area contributed by atoms with Crippen molar-refractivity contribution in [1.82, 2.24) is 4.90 Å². The van der Waals surface area contributed by atoms with E-state index in [4.69, 9.17) is 5.73 Å². The highest BCUT2D eigenvalue weighted by molar-refractivity contribution is 5.73. The predicted molar refractivity (Wildman–Crippen MR) is 60.3 cm³/mol. The van der Waals surface area contributed by atoms with E-state index in [-0.39, 0.29) is 5.91 Å². The highest BCUT2D eigenvalue weighted by Crippen LogP contribution is 2.38. The van der Waals surface area contributed by atoms with Gasteiger partial charge >= 0.3 is 0 Å². The van der Waals surface area contributed by atoms with Gasteiger partial charge in [0.1, 0.15) is 0 Å². The Morgan fingerprint density at radius 3 is 2.60 bits per heavy atom. The Bertz CT molecular complexity index is 238. The summed E-state index contributed by atoms with van der Waals surface area (Å²) in [4.78, 5) is 13.5. The molecule has 1 amide bonds. The molecule has 1 heterocycles. The van der Waals surface area contributed by atoms with Crippen LogP contribution < -0.4 is 5.73 Å². The standard InChI is InChI=1S/C12H22N2O/c1-9(15)14-7-3-6-12(14)11(8-13)10-4-2-5-10/h10-12H,2-8,13H2,1H3. The summed E-state index contributed by atoms with van der Waals surface area (Å²) in [5.41, 5.74) is 5.89. The zero-order chi connectivity index (χ0) is 10.8. The summed E-state index contributed by atoms with van der Waals surface area (Å²) in [6.07, 6.45) is 6.33. The Morgan fingerprint density at radius 1 is 1.40 bits per heavy atom. The average molecular weight is 210 g/mol. The molecule has 2 atom stereocenters. The number of nitrogens with zero attached hydrogens (tertiary/aromatic N) is 1. The third-order valence-electron chi connectivity index (χ3n) is 4.23. The Balaban J connectivity index is 2.02. The zero-order valence-electron chi connectivity index (χ0n) is 9.61. The maximum Gasteiger partial charge on any atom is 0.219 e. The van der Waals surface area contributed by atoms with Gasteiger partial charge in [0.25, 0.3) is 0 Å². The molecule has 3 nitrogen and oxygen atoms in total. The maximum absolute atomic E-state index is 11.5. The van der Waals surface area contributed by atoms with Crippen molar-refractivity contribution in [2.45, 2.75) is 45.1 Å². The Kier molecular flexibility index (Phi) is 3.29. The van der Waals surface area contributed by atoms with Gasteiger partial charge in [-0.1, -0.05) is 19.3 Å². The van der Waals surface area contributed by atoms with Gasteiger partial charge in [-0.05, 0) is 31.2 Å². The molecule has 0 radical (unpaired) electrons. The van der Waals surface area contributed by atoms with Crippen LogP contribution in [-0.2, 0) is 4.79 Å². The number of carbonyl (C=O) groups is 1. The lowest BCUT2D eigenvalue weighted by Crippen LogP contribution is -2.46. The van der Waals surface area contributed by atoms with Crippen LogP contribution in [0.15, 0.2) is 0 Å². The van der Waals surface area contributed by atoms with Gasteiger partial charge in [0, 0.05) is 19.5 Å². The molecule has 0 aromatic rings. The predicted octanol–water partition coefficient (Wildman–Crippen LogP) is 1.37. The number of amides is 1. The summed E-state index contributed by atoms with van der Waals surface area (Å²) >= 11 is 0. The van der Waals surface area contributed by atoms with Crippen molar-refractivity contribution in [2.24, 2.45) is 17.6 Å². The molecule has 2 unspecified atom stereocenters. The fraction of sp³-hybridized carbons (Fsp3) is 0.917. The molecule has 1 saturated carbocycles. The first-order valence-electron chi connectivity index (χ1n) is 6.21. The summed E-state index contributed by atoms with van der Waals surface area (Å²) in [7, 11) is 0. The molecule has 2 rings (SSSR count). The quantitative estimate of drug-likeness (QED) is 0.764. The van der Waals surface area contributed by atoms with Gasteiger partial charge in [-0.2, -0.15) is 0 Å². The van der Waals surface area contributed by atoms with Crippen molar-refractivity contribution >= 4 is 5.91 Å². The van der Waals surface area contributed by atoms with Gasteiger partial charge in [-0.3, -0.25) is 4.79 Å². The first-order valence-corrected chi connectivity index (χ1v) is 6.21. The van der Waals surface area contributed by atoms with Crippen LogP contribution >= 0.6 is 0 Å². The van der Waals surface area contributed by atoms with Crippen molar-refractivity contribution in [3.63, 3.8) is 0 Å². The molecule has 0 spiro atoms. The first-order chi connectivity index (χ1) is 7.24. The number of rotatable bonds is 3. The molecular formula is C12H22N2O. The third-order valence-corrected chi connectivity index (χ3v) is 4.23. The van der Waals surface area contributed by atoms with Gasteiger partial charge in [-0.25, -0.2) is 0 Å². The molecule has 3 heteroatoms. The van der Waals surface area contributed by atoms with Crippen LogP contribution in [0, 0.1) is 11.8 Å². The summed E-state index contributed by atoms with van der Waals surface area (Å²) in [5.74, 6) is 1.58. The number of likely N-dealkylation sites (tertiary alicyclic amines) is 1. The van der Waals surface area contributed by atoms with E-state index in [1.54, 1.807) is 6.92 Å². The largest absolute Gasteiger partial charge is 0.340 e. The minimum Gasteiger partial charge on any atom is -0.340 e. The minimum absolute atomic E-state index is 0.232. The first kappa shape index (κ1) is 10.9. The number of hydrogen-bond acceptors (Lipinski definition) is 2. The molecule has 0 aromatic heterocycles. The molecule has 0 bridgehead atoms. The van der Waals surface area contributed by atoms with E-state index in [1.165, 1.54) is 19.3 Å². The van der Waals surface area contributed by atoms with Crippen LogP contribution in [0.2, 0.25) is 0 Å². The Labute approximate surface area is 92.0 Å². The molecule has 2 N–H and O–H groups in total. The lowest BCUT2D eigenvalue weighted by molar-refractivity contribution is -0.131. The smallest absolute Gasteiger partial charge is 0.219 e. The lowest BCUT2D eigenvalue weighted by atomic mass is 9.72. The highest BCUT2D eigenvalue weighted by atomic mass is 16.2. The van der Waals surface area contributed by atoms with E-state index in [9.17, 15) is 4.79 Å². The van der Waals surface area contributed by atoms with Crippen molar-refractivity contribution in [3.05, 3.63) is 0 Å². The van der Waals surface area contributed by atoms with Crippen molar-refractivity contribution in [3.8, 4) is 0 Å². The Morgan fingerprint density at radius 2 is 2.13 bits per heavy atom. The van der Waals surface area contributed by atoms with Crippen LogP contribution in [0.25, 0.3) is 0 Å². The molecule has 1 aliphatic carbocycles. The van der Waals surface area contributed by atoms with E-state index >= 15 is 0 Å². The van der Waals surface area contributed by atoms with Crippen LogP contribution in [0.3, 0.4) is 0 Å². The van der Waals surface area contributed by atoms with Crippen LogP contribution in [0.1, 0.15) is 39.0 Å². The summed E-state index contributed by atoms with van der Waals surface area (Å²) in [6, 6.07) is 0.442. The molecule has 1 aliphatic heterocycles. The molecule has 15 heavy (non-hydrogen) atoms.